The van der Waals surface area contributed by atoms with Crippen molar-refractivity contribution in [1.82, 2.24) is 4.90 Å². The van der Waals surface area contributed by atoms with E-state index >= 15 is 0 Å². The highest BCUT2D eigenvalue weighted by Gasteiger charge is 2.54. The quantitative estimate of drug-likeness (QED) is 0.770. The number of hydrogen-bond acceptors (Lipinski definition) is 4. The van der Waals surface area contributed by atoms with Crippen LogP contribution in [-0.4, -0.2) is 35.7 Å². The minimum absolute atomic E-state index is 0.271. The normalized spacial score (nSPS) is 22.6. The van der Waals surface area contributed by atoms with Crippen LogP contribution in [0.15, 0.2) is 30.3 Å². The number of carbonyl (C=O) groups is 2. The molecule has 0 saturated carbocycles. The Balaban J connectivity index is 2.44. The molecule has 5 heteroatoms. The summed E-state index contributed by atoms with van der Waals surface area (Å²) in [5.74, 6) is -0.713. The Morgan fingerprint density at radius 1 is 1.20 bits per heavy atom. The second-order valence-electron chi connectivity index (χ2n) is 8.18. The fourth-order valence-electron chi connectivity index (χ4n) is 3.44. The maximum atomic E-state index is 12.8. The van der Waals surface area contributed by atoms with Crippen molar-refractivity contribution in [2.24, 2.45) is 11.3 Å². The average Bonchev–Trinajstić information content (AvgIpc) is 2.78. The molecule has 138 valence electrons. The summed E-state index contributed by atoms with van der Waals surface area (Å²) >= 11 is 0. The van der Waals surface area contributed by atoms with Crippen LogP contribution in [-0.2, 0) is 14.3 Å². The van der Waals surface area contributed by atoms with E-state index < -0.39 is 29.1 Å². The molecule has 1 fully saturated rings. The molecule has 5 nitrogen and oxygen atoms in total. The minimum atomic E-state index is -0.593. The van der Waals surface area contributed by atoms with E-state index in [2.05, 4.69) is 0 Å². The number of benzene rings is 1. The molecule has 2 rings (SSSR count). The van der Waals surface area contributed by atoms with Gasteiger partial charge in [0.15, 0.2) is 0 Å². The standard InChI is InChI=1S/C20H29NO4/c1-7-24-17(22)15-16(14-11-9-8-10-12-14)21(13-20(15,5)6)18(23)25-19(2,3)4/h8-12,15-16H,7,13H2,1-6H3/t15-,16+/m1/s1. The predicted octanol–water partition coefficient (Wildman–Crippen LogP) is 4.18. The van der Waals surface area contributed by atoms with Gasteiger partial charge in [-0.3, -0.25) is 9.69 Å². The monoisotopic (exact) mass is 347 g/mol. The summed E-state index contributed by atoms with van der Waals surface area (Å²) in [7, 11) is 0. The van der Waals surface area contributed by atoms with Crippen molar-refractivity contribution >= 4 is 12.1 Å². The van der Waals surface area contributed by atoms with E-state index in [0.717, 1.165) is 5.56 Å². The Kier molecular flexibility index (Phi) is 5.45. The zero-order valence-electron chi connectivity index (χ0n) is 16.0. The molecule has 0 aromatic heterocycles. The second kappa shape index (κ2) is 7.06. The maximum absolute atomic E-state index is 12.8. The van der Waals surface area contributed by atoms with Gasteiger partial charge >= 0.3 is 12.1 Å². The Morgan fingerprint density at radius 2 is 1.80 bits per heavy atom. The fraction of sp³-hybridized carbons (Fsp3) is 0.600. The lowest BCUT2D eigenvalue weighted by Gasteiger charge is -2.30. The third-order valence-corrected chi connectivity index (χ3v) is 4.38. The molecule has 1 aliphatic heterocycles. The number of rotatable bonds is 3. The summed E-state index contributed by atoms with van der Waals surface area (Å²) < 4.78 is 10.9. The molecule has 0 unspecified atom stereocenters. The third kappa shape index (κ3) is 4.33. The molecule has 1 aromatic rings. The van der Waals surface area contributed by atoms with Gasteiger partial charge < -0.3 is 9.47 Å². The van der Waals surface area contributed by atoms with E-state index in [9.17, 15) is 9.59 Å². The topological polar surface area (TPSA) is 55.8 Å². The Bertz CT molecular complexity index is 618. The van der Waals surface area contributed by atoms with Crippen LogP contribution >= 0.6 is 0 Å². The summed E-state index contributed by atoms with van der Waals surface area (Å²) in [5, 5.41) is 0. The van der Waals surface area contributed by atoms with E-state index in [-0.39, 0.29) is 5.97 Å². The number of esters is 1. The van der Waals surface area contributed by atoms with Crippen LogP contribution in [0.1, 0.15) is 53.1 Å². The lowest BCUT2D eigenvalue weighted by atomic mass is 9.77. The van der Waals surface area contributed by atoms with Crippen LogP contribution in [0.4, 0.5) is 4.79 Å². The van der Waals surface area contributed by atoms with E-state index in [4.69, 9.17) is 9.47 Å². The summed E-state index contributed by atoms with van der Waals surface area (Å²) in [6, 6.07) is 9.23. The molecule has 0 N–H and O–H groups in total. The van der Waals surface area contributed by atoms with E-state index in [1.165, 1.54) is 0 Å². The van der Waals surface area contributed by atoms with Gasteiger partial charge in [-0.25, -0.2) is 4.79 Å². The molecule has 0 spiro atoms. The lowest BCUT2D eigenvalue weighted by Crippen LogP contribution is -2.38. The predicted molar refractivity (Wildman–Crippen MR) is 96.0 cm³/mol. The lowest BCUT2D eigenvalue weighted by molar-refractivity contribution is -0.151. The average molecular weight is 347 g/mol. The number of amides is 1. The Labute approximate surface area is 150 Å². The van der Waals surface area contributed by atoms with Gasteiger partial charge in [-0.1, -0.05) is 44.2 Å². The van der Waals surface area contributed by atoms with Gasteiger partial charge in [0.1, 0.15) is 5.60 Å². The fourth-order valence-corrected chi connectivity index (χ4v) is 3.44. The third-order valence-electron chi connectivity index (χ3n) is 4.38. The molecule has 1 aliphatic rings. The van der Waals surface area contributed by atoms with Crippen molar-refractivity contribution in [1.29, 1.82) is 0 Å². The SMILES string of the molecule is CCOC(=O)[C@H]1[C@H](c2ccccc2)N(C(=O)OC(C)(C)C)CC1(C)C. The first-order chi connectivity index (χ1) is 11.6. The molecule has 0 bridgehead atoms. The van der Waals surface area contributed by atoms with E-state index in [0.29, 0.717) is 13.2 Å². The van der Waals surface area contributed by atoms with Gasteiger partial charge in [0.25, 0.3) is 0 Å². The number of ether oxygens (including phenoxy) is 2. The molecule has 1 saturated heterocycles. The largest absolute Gasteiger partial charge is 0.466 e. The molecular formula is C20H29NO4. The number of hydrogen-bond donors (Lipinski definition) is 0. The molecule has 0 radical (unpaired) electrons. The van der Waals surface area contributed by atoms with Crippen LogP contribution in [0, 0.1) is 11.3 Å². The molecule has 1 amide bonds. The van der Waals surface area contributed by atoms with Gasteiger partial charge in [-0.15, -0.1) is 0 Å². The van der Waals surface area contributed by atoms with Crippen LogP contribution in [0.5, 0.6) is 0 Å². The highest BCUT2D eigenvalue weighted by molar-refractivity contribution is 5.78. The van der Waals surface area contributed by atoms with Gasteiger partial charge in [0.2, 0.25) is 0 Å². The van der Waals surface area contributed by atoms with Crippen molar-refractivity contribution in [3.05, 3.63) is 35.9 Å². The summed E-state index contributed by atoms with van der Waals surface area (Å²) in [5.41, 5.74) is -0.0919. The Hall–Kier alpha value is -2.04. The molecular weight excluding hydrogens is 318 g/mol. The van der Waals surface area contributed by atoms with Crippen molar-refractivity contribution in [3.63, 3.8) is 0 Å². The molecule has 2 atom stereocenters. The minimum Gasteiger partial charge on any atom is -0.466 e. The number of likely N-dealkylation sites (tertiary alicyclic amines) is 1. The van der Waals surface area contributed by atoms with Crippen LogP contribution in [0.25, 0.3) is 0 Å². The smallest absolute Gasteiger partial charge is 0.410 e. The van der Waals surface area contributed by atoms with Gasteiger partial charge in [-0.2, -0.15) is 0 Å². The highest BCUT2D eigenvalue weighted by atomic mass is 16.6. The van der Waals surface area contributed by atoms with Crippen molar-refractivity contribution in [2.75, 3.05) is 13.2 Å². The zero-order valence-corrected chi connectivity index (χ0v) is 16.0. The maximum Gasteiger partial charge on any atom is 0.410 e. The zero-order chi connectivity index (χ0) is 18.8. The molecule has 0 aliphatic carbocycles. The second-order valence-corrected chi connectivity index (χ2v) is 8.18. The van der Waals surface area contributed by atoms with Crippen LogP contribution in [0.2, 0.25) is 0 Å². The van der Waals surface area contributed by atoms with E-state index in [1.54, 1.807) is 11.8 Å². The van der Waals surface area contributed by atoms with Gasteiger partial charge in [-0.05, 0) is 38.7 Å². The van der Waals surface area contributed by atoms with E-state index in [1.807, 2.05) is 65.0 Å². The molecule has 25 heavy (non-hydrogen) atoms. The van der Waals surface area contributed by atoms with Crippen molar-refractivity contribution in [2.45, 2.75) is 53.2 Å². The number of carbonyl (C=O) groups excluding carboxylic acids is 2. The van der Waals surface area contributed by atoms with Gasteiger partial charge in [0, 0.05) is 6.54 Å². The first-order valence-electron chi connectivity index (χ1n) is 8.78. The van der Waals surface area contributed by atoms with Crippen molar-refractivity contribution < 1.29 is 19.1 Å². The first-order valence-corrected chi connectivity index (χ1v) is 8.78. The summed E-state index contributed by atoms with van der Waals surface area (Å²) in [4.78, 5) is 27.2. The molecule has 1 aromatic carbocycles. The Morgan fingerprint density at radius 3 is 2.32 bits per heavy atom. The number of nitrogens with zero attached hydrogens (tertiary/aromatic N) is 1. The highest BCUT2D eigenvalue weighted by Crippen LogP contribution is 2.49. The summed E-state index contributed by atoms with van der Waals surface area (Å²) in [6.45, 7) is 12.1. The van der Waals surface area contributed by atoms with Crippen molar-refractivity contribution in [3.8, 4) is 0 Å². The summed E-state index contributed by atoms with van der Waals surface area (Å²) in [6.07, 6.45) is -0.402. The van der Waals surface area contributed by atoms with Gasteiger partial charge in [0.05, 0.1) is 18.6 Å². The first kappa shape index (κ1) is 19.3. The van der Waals surface area contributed by atoms with Crippen LogP contribution < -0.4 is 0 Å². The van der Waals surface area contributed by atoms with Crippen LogP contribution in [0.3, 0.4) is 0 Å². The molecule has 1 heterocycles.